The van der Waals surface area contributed by atoms with Crippen LogP contribution >= 0.6 is 0 Å². The molecule has 1 N–H and O–H groups in total. The van der Waals surface area contributed by atoms with Crippen molar-refractivity contribution in [2.24, 2.45) is 0 Å². The number of hydrogen-bond acceptors (Lipinski definition) is 5. The normalized spacial score (nSPS) is 13.5. The van der Waals surface area contributed by atoms with Crippen LogP contribution in [0, 0.1) is 0 Å². The zero-order valence-corrected chi connectivity index (χ0v) is 20.5. The largest absolute Gasteiger partial charge is 0.490 e. The lowest BCUT2D eigenvalue weighted by Gasteiger charge is -2.20. The van der Waals surface area contributed by atoms with Crippen molar-refractivity contribution in [1.29, 1.82) is 0 Å². The zero-order valence-electron chi connectivity index (χ0n) is 19.7. The molecule has 35 heavy (non-hydrogen) atoms. The molecule has 0 fully saturated rings. The van der Waals surface area contributed by atoms with Crippen molar-refractivity contribution in [3.05, 3.63) is 90.0 Å². The van der Waals surface area contributed by atoms with Crippen LogP contribution in [0.2, 0.25) is 0 Å². The predicted molar refractivity (Wildman–Crippen MR) is 134 cm³/mol. The summed E-state index contributed by atoms with van der Waals surface area (Å²) >= 11 is 0. The Morgan fingerprint density at radius 3 is 2.14 bits per heavy atom. The van der Waals surface area contributed by atoms with Crippen LogP contribution in [-0.4, -0.2) is 52.0 Å². The molecule has 0 unspecified atom stereocenters. The number of amides is 1. The summed E-state index contributed by atoms with van der Waals surface area (Å²) < 4.78 is 38.3. The van der Waals surface area contributed by atoms with Crippen LogP contribution in [0.4, 0.5) is 0 Å². The molecule has 8 heteroatoms. The molecule has 0 aliphatic carbocycles. The van der Waals surface area contributed by atoms with E-state index in [1.807, 2.05) is 36.4 Å². The molecule has 4 rings (SSSR count). The molecule has 0 saturated heterocycles. The van der Waals surface area contributed by atoms with Gasteiger partial charge in [0.2, 0.25) is 15.9 Å². The van der Waals surface area contributed by atoms with E-state index in [0.717, 1.165) is 10.7 Å². The molecule has 7 nitrogen and oxygen atoms in total. The number of nitrogens with zero attached hydrogens (tertiary/aromatic N) is 1. The van der Waals surface area contributed by atoms with Gasteiger partial charge in [-0.15, -0.1) is 0 Å². The zero-order chi connectivity index (χ0) is 24.7. The highest BCUT2D eigenvalue weighted by atomic mass is 32.2. The third-order valence-corrected chi connectivity index (χ3v) is 7.75. The van der Waals surface area contributed by atoms with Gasteiger partial charge in [0.25, 0.3) is 0 Å². The minimum absolute atomic E-state index is 0.0604. The summed E-state index contributed by atoms with van der Waals surface area (Å²) in [7, 11) is -2.47. The fraction of sp³-hybridized carbons (Fsp3) is 0.296. The first-order valence-corrected chi connectivity index (χ1v) is 13.1. The lowest BCUT2D eigenvalue weighted by molar-refractivity contribution is -0.121. The van der Waals surface area contributed by atoms with E-state index < -0.39 is 10.0 Å². The summed E-state index contributed by atoms with van der Waals surface area (Å²) in [5, 5.41) is 2.88. The van der Waals surface area contributed by atoms with E-state index in [0.29, 0.717) is 37.7 Å². The third-order valence-electron chi connectivity index (χ3n) is 5.95. The lowest BCUT2D eigenvalue weighted by atomic mass is 9.88. The van der Waals surface area contributed by atoms with E-state index in [1.165, 1.54) is 30.3 Å². The van der Waals surface area contributed by atoms with Gasteiger partial charge in [-0.3, -0.25) is 4.79 Å². The molecule has 3 aromatic carbocycles. The van der Waals surface area contributed by atoms with Gasteiger partial charge in [-0.2, -0.15) is 4.31 Å². The Labute approximate surface area is 206 Å². The molecule has 0 radical (unpaired) electrons. The molecule has 0 aromatic heterocycles. The van der Waals surface area contributed by atoms with Crippen LogP contribution in [0.25, 0.3) is 0 Å². The fourth-order valence-electron chi connectivity index (χ4n) is 4.08. The summed E-state index contributed by atoms with van der Waals surface area (Å²) in [4.78, 5) is 12.7. The molecule has 1 amide bonds. The standard InChI is InChI=1S/C27H30N2O5S/c1-29(35(31,32)23-13-14-25-26(19-23)34-18-8-17-33-25)20-27(30)28-16-15-24(21-9-4-2-5-10-21)22-11-6-3-7-12-22/h2-7,9-14,19,24H,8,15-18,20H2,1H3,(H,28,30). The molecular weight excluding hydrogens is 464 g/mol. The van der Waals surface area contributed by atoms with Crippen molar-refractivity contribution < 1.29 is 22.7 Å². The SMILES string of the molecule is CN(CC(=O)NCCC(c1ccccc1)c1ccccc1)S(=O)(=O)c1ccc2c(c1)OCCCO2. The number of rotatable bonds is 9. The maximum absolute atomic E-state index is 13.0. The van der Waals surface area contributed by atoms with Gasteiger partial charge in [0, 0.05) is 32.0 Å². The van der Waals surface area contributed by atoms with Crippen molar-refractivity contribution in [3.63, 3.8) is 0 Å². The fourth-order valence-corrected chi connectivity index (χ4v) is 5.22. The van der Waals surface area contributed by atoms with Gasteiger partial charge in [-0.05, 0) is 29.7 Å². The summed E-state index contributed by atoms with van der Waals surface area (Å²) in [6, 6.07) is 24.8. The highest BCUT2D eigenvalue weighted by molar-refractivity contribution is 7.89. The molecule has 0 bridgehead atoms. The smallest absolute Gasteiger partial charge is 0.243 e. The third kappa shape index (κ3) is 6.21. The second-order valence-electron chi connectivity index (χ2n) is 8.43. The molecule has 0 spiro atoms. The van der Waals surface area contributed by atoms with E-state index in [9.17, 15) is 13.2 Å². The Balaban J connectivity index is 1.37. The van der Waals surface area contributed by atoms with Crippen LogP contribution < -0.4 is 14.8 Å². The first-order chi connectivity index (χ1) is 16.9. The van der Waals surface area contributed by atoms with Crippen molar-refractivity contribution >= 4 is 15.9 Å². The first-order valence-electron chi connectivity index (χ1n) is 11.7. The Hall–Kier alpha value is -3.36. The quantitative estimate of drug-likeness (QED) is 0.489. The maximum atomic E-state index is 13.0. The predicted octanol–water partition coefficient (Wildman–Crippen LogP) is 3.81. The number of nitrogens with one attached hydrogen (secondary N) is 1. The summed E-state index contributed by atoms with van der Waals surface area (Å²) in [6.07, 6.45) is 1.42. The number of carbonyl (C=O) groups excluding carboxylic acids is 1. The van der Waals surface area contributed by atoms with Crippen LogP contribution in [-0.2, 0) is 14.8 Å². The summed E-state index contributed by atoms with van der Waals surface area (Å²) in [5.74, 6) is 0.689. The molecule has 0 atom stereocenters. The molecule has 1 aliphatic heterocycles. The number of likely N-dealkylation sites (N-methyl/N-ethyl adjacent to an activating group) is 1. The van der Waals surface area contributed by atoms with Crippen molar-refractivity contribution in [2.45, 2.75) is 23.7 Å². The average molecular weight is 495 g/mol. The Kier molecular flexibility index (Phi) is 8.05. The van der Waals surface area contributed by atoms with Crippen molar-refractivity contribution in [2.75, 3.05) is 33.4 Å². The van der Waals surface area contributed by atoms with Crippen LogP contribution in [0.3, 0.4) is 0 Å². The Bertz CT molecular complexity index is 1190. The number of sulfonamides is 1. The number of ether oxygens (including phenoxy) is 2. The molecule has 3 aromatic rings. The minimum atomic E-state index is -3.87. The second kappa shape index (κ2) is 11.4. The van der Waals surface area contributed by atoms with Crippen LogP contribution in [0.15, 0.2) is 83.8 Å². The van der Waals surface area contributed by atoms with Gasteiger partial charge in [0.05, 0.1) is 24.7 Å². The van der Waals surface area contributed by atoms with Gasteiger partial charge >= 0.3 is 0 Å². The number of benzene rings is 3. The van der Waals surface area contributed by atoms with Gasteiger partial charge in [0.15, 0.2) is 11.5 Å². The highest BCUT2D eigenvalue weighted by Crippen LogP contribution is 2.32. The van der Waals surface area contributed by atoms with Gasteiger partial charge < -0.3 is 14.8 Å². The lowest BCUT2D eigenvalue weighted by Crippen LogP contribution is -2.38. The van der Waals surface area contributed by atoms with E-state index in [4.69, 9.17) is 9.47 Å². The number of hydrogen-bond donors (Lipinski definition) is 1. The Morgan fingerprint density at radius 1 is 0.914 bits per heavy atom. The number of fused-ring (bicyclic) bond motifs is 1. The highest BCUT2D eigenvalue weighted by Gasteiger charge is 2.25. The van der Waals surface area contributed by atoms with E-state index in [2.05, 4.69) is 29.6 Å². The van der Waals surface area contributed by atoms with Crippen molar-refractivity contribution in [3.8, 4) is 11.5 Å². The molecule has 1 heterocycles. The first kappa shape index (κ1) is 24.8. The minimum Gasteiger partial charge on any atom is -0.490 e. The second-order valence-corrected chi connectivity index (χ2v) is 10.5. The van der Waals surface area contributed by atoms with Crippen LogP contribution in [0.5, 0.6) is 11.5 Å². The maximum Gasteiger partial charge on any atom is 0.243 e. The van der Waals surface area contributed by atoms with E-state index >= 15 is 0 Å². The summed E-state index contributed by atoms with van der Waals surface area (Å²) in [5.41, 5.74) is 2.34. The van der Waals surface area contributed by atoms with Crippen molar-refractivity contribution in [1.82, 2.24) is 9.62 Å². The Morgan fingerprint density at radius 2 is 1.51 bits per heavy atom. The average Bonchev–Trinajstić information content (AvgIpc) is 3.12. The van der Waals surface area contributed by atoms with Crippen LogP contribution in [0.1, 0.15) is 29.9 Å². The van der Waals surface area contributed by atoms with Gasteiger partial charge in [-0.1, -0.05) is 60.7 Å². The topological polar surface area (TPSA) is 84.9 Å². The molecule has 1 aliphatic rings. The van der Waals surface area contributed by atoms with E-state index in [-0.39, 0.29) is 23.3 Å². The van der Waals surface area contributed by atoms with E-state index in [1.54, 1.807) is 6.07 Å². The van der Waals surface area contributed by atoms with Gasteiger partial charge in [-0.25, -0.2) is 8.42 Å². The van der Waals surface area contributed by atoms with Gasteiger partial charge in [0.1, 0.15) is 0 Å². The monoisotopic (exact) mass is 494 g/mol. The number of carbonyl (C=O) groups is 1. The molecule has 184 valence electrons. The molecule has 0 saturated carbocycles. The summed E-state index contributed by atoms with van der Waals surface area (Å²) in [6.45, 7) is 1.12. The molecular formula is C27H30N2O5S.